The molecular weight excluding hydrogens is 827 g/mol. The number of carbonyl (C=O) groups excluding carboxylic acids is 3. The first-order valence-corrected chi connectivity index (χ1v) is 20.3. The highest BCUT2D eigenvalue weighted by atomic mass is 35.5. The smallest absolute Gasteiger partial charge is 0.416 e. The van der Waals surface area contributed by atoms with E-state index in [-0.39, 0.29) is 70.4 Å². The number of nitrogens with one attached hydrogen (secondary N) is 2. The molecule has 2 saturated heterocycles. The Labute approximate surface area is 349 Å². The zero-order chi connectivity index (χ0) is 42.7. The second-order valence-electron chi connectivity index (χ2n) is 14.8. The van der Waals surface area contributed by atoms with Crippen LogP contribution in [0.15, 0.2) is 53.6 Å². The molecule has 0 radical (unpaired) electrons. The monoisotopic (exact) mass is 865 g/mol. The number of likely N-dealkylation sites (tertiary alicyclic amines) is 1. The van der Waals surface area contributed by atoms with Gasteiger partial charge in [0.25, 0.3) is 11.5 Å². The molecule has 0 saturated carbocycles. The van der Waals surface area contributed by atoms with Gasteiger partial charge in [-0.05, 0) is 69.2 Å². The second kappa shape index (κ2) is 15.6. The van der Waals surface area contributed by atoms with E-state index in [0.717, 1.165) is 23.9 Å². The number of halogens is 4. The number of aromatic nitrogens is 6. The molecule has 8 rings (SSSR count). The fraction of sp³-hybridized carbons (Fsp3) is 0.385. The van der Waals surface area contributed by atoms with E-state index in [4.69, 9.17) is 16.6 Å². The second-order valence-corrected chi connectivity index (χ2v) is 16.9. The molecule has 0 unspecified atom stereocenters. The van der Waals surface area contributed by atoms with Gasteiger partial charge >= 0.3 is 12.2 Å². The molecule has 314 valence electrons. The van der Waals surface area contributed by atoms with Gasteiger partial charge in [0, 0.05) is 68.5 Å². The summed E-state index contributed by atoms with van der Waals surface area (Å²) in [5.74, 6) is -1.08. The maximum atomic E-state index is 14.7. The summed E-state index contributed by atoms with van der Waals surface area (Å²) in [4.78, 5) is 72.3. The number of carbonyl (C=O) groups is 3. The van der Waals surface area contributed by atoms with Crippen molar-refractivity contribution in [2.75, 3.05) is 56.5 Å². The van der Waals surface area contributed by atoms with Gasteiger partial charge in [-0.3, -0.25) is 14.4 Å². The lowest BCUT2D eigenvalue weighted by Crippen LogP contribution is -2.51. The van der Waals surface area contributed by atoms with Crippen LogP contribution in [0.5, 0.6) is 5.75 Å². The van der Waals surface area contributed by atoms with Crippen LogP contribution in [0, 0.1) is 6.92 Å². The molecule has 1 atom stereocenters. The van der Waals surface area contributed by atoms with E-state index in [0.29, 0.717) is 55.8 Å². The predicted octanol–water partition coefficient (Wildman–Crippen LogP) is 5.07. The van der Waals surface area contributed by atoms with E-state index in [1.807, 2.05) is 31.2 Å². The number of benzene rings is 2. The molecule has 60 heavy (non-hydrogen) atoms. The van der Waals surface area contributed by atoms with Gasteiger partial charge in [0.15, 0.2) is 17.3 Å². The van der Waals surface area contributed by atoms with E-state index in [9.17, 15) is 37.5 Å². The fourth-order valence-electron chi connectivity index (χ4n) is 8.14. The minimum absolute atomic E-state index is 0.0264. The third-order valence-corrected chi connectivity index (χ3v) is 13.2. The number of fused-ring (bicyclic) bond motifs is 3. The first kappa shape index (κ1) is 40.9. The molecule has 3 aliphatic heterocycles. The summed E-state index contributed by atoms with van der Waals surface area (Å²) in [6, 6.07) is 10.0. The minimum atomic E-state index is -4.63. The number of thioether (sulfide) groups is 1. The van der Waals surface area contributed by atoms with Crippen LogP contribution in [0.1, 0.15) is 58.0 Å². The number of aromatic hydroxyl groups is 1. The molecule has 3 aromatic heterocycles. The number of nitrogens with zero attached hydrogens (tertiary/aromatic N) is 9. The van der Waals surface area contributed by atoms with Gasteiger partial charge < -0.3 is 35.0 Å². The first-order chi connectivity index (χ1) is 28.6. The van der Waals surface area contributed by atoms with E-state index >= 15 is 0 Å². The number of hydrogen-bond acceptors (Lipinski definition) is 11. The average molecular weight is 866 g/mol. The Morgan fingerprint density at radius 3 is 2.35 bits per heavy atom. The number of amides is 4. The van der Waals surface area contributed by atoms with Crippen LogP contribution in [0.2, 0.25) is 5.02 Å². The maximum Gasteiger partial charge on any atom is 0.416 e. The summed E-state index contributed by atoms with van der Waals surface area (Å²) in [6.45, 7) is 5.96. The highest BCUT2D eigenvalue weighted by Crippen LogP contribution is 2.58. The summed E-state index contributed by atoms with van der Waals surface area (Å²) in [5.41, 5.74) is 1.24. The van der Waals surface area contributed by atoms with Crippen molar-refractivity contribution in [1.82, 2.24) is 44.2 Å². The summed E-state index contributed by atoms with van der Waals surface area (Å²) < 4.78 is 42.1. The lowest BCUT2D eigenvalue weighted by Gasteiger charge is -2.39. The molecule has 6 heterocycles. The Balaban J connectivity index is 1.14. The molecule has 21 heteroatoms. The SMILES string of the molecule is CNC(=O)N1CCN(c2ccc(-c3nc4n(CC(=O)Nc5ccc(C(F)(F)F)cc5Cl)c5c(c(=O)n4n3)C3(CCN(C(=O)c4ncnc(C)c4O)CC3)S[C@@H]5C)cc2)CC1. The lowest BCUT2D eigenvalue weighted by molar-refractivity contribution is -0.137. The molecule has 2 aromatic carbocycles. The zero-order valence-corrected chi connectivity index (χ0v) is 34.2. The van der Waals surface area contributed by atoms with E-state index in [1.54, 1.807) is 28.3 Å². The Kier molecular flexibility index (Phi) is 10.6. The average Bonchev–Trinajstić information content (AvgIpc) is 3.80. The topological polar surface area (TPSA) is 183 Å². The van der Waals surface area contributed by atoms with Gasteiger partial charge in [0.05, 0.1) is 32.3 Å². The van der Waals surface area contributed by atoms with Crippen LogP contribution in [0.25, 0.3) is 17.2 Å². The van der Waals surface area contributed by atoms with E-state index in [2.05, 4.69) is 30.6 Å². The van der Waals surface area contributed by atoms with Crippen molar-refractivity contribution >= 4 is 58.4 Å². The number of alkyl halides is 3. The molecule has 3 N–H and O–H groups in total. The van der Waals surface area contributed by atoms with Crippen LogP contribution in [-0.2, 0) is 22.3 Å². The maximum absolute atomic E-state index is 14.7. The minimum Gasteiger partial charge on any atom is -0.504 e. The Hall–Kier alpha value is -5.89. The van der Waals surface area contributed by atoms with Crippen molar-refractivity contribution in [2.45, 2.75) is 49.4 Å². The number of aryl methyl sites for hydroxylation is 1. The van der Waals surface area contributed by atoms with Crippen LogP contribution >= 0.6 is 23.4 Å². The normalized spacial score (nSPS) is 17.6. The quantitative estimate of drug-likeness (QED) is 0.207. The van der Waals surface area contributed by atoms with Crippen molar-refractivity contribution in [1.29, 1.82) is 0 Å². The summed E-state index contributed by atoms with van der Waals surface area (Å²) in [5, 5.41) is 19.8. The number of anilines is 2. The molecule has 5 aromatic rings. The van der Waals surface area contributed by atoms with Crippen molar-refractivity contribution < 1.29 is 32.7 Å². The molecule has 0 aliphatic carbocycles. The molecule has 0 bridgehead atoms. The summed E-state index contributed by atoms with van der Waals surface area (Å²) >= 11 is 7.74. The zero-order valence-electron chi connectivity index (χ0n) is 32.6. The molecule has 1 spiro atoms. The van der Waals surface area contributed by atoms with E-state index in [1.165, 1.54) is 22.6 Å². The van der Waals surface area contributed by atoms with Gasteiger partial charge in [-0.25, -0.2) is 14.8 Å². The third kappa shape index (κ3) is 7.35. The van der Waals surface area contributed by atoms with Gasteiger partial charge in [-0.15, -0.1) is 16.9 Å². The van der Waals surface area contributed by atoms with Crippen LogP contribution < -0.4 is 21.1 Å². The lowest BCUT2D eigenvalue weighted by atomic mass is 9.87. The standard InChI is InChI=1S/C39H39ClF3N11O5S/c1-21-32(56)30(46-20-45-21)35(58)51-12-10-38(11-13-51)29-31(22(2)60-38)53(19-28(55)47-27-9-6-24(18-26(27)40)39(41,42)43)36-48-33(49-54(36)34(29)57)23-4-7-25(8-5-23)50-14-16-52(17-15-50)37(59)44-3/h4-9,18,20,22,56H,10-17,19H2,1-3H3,(H,44,59)(H,47,55)/t22-/m1/s1. The predicted molar refractivity (Wildman–Crippen MR) is 217 cm³/mol. The molecule has 3 aliphatic rings. The van der Waals surface area contributed by atoms with Crippen LogP contribution in [0.3, 0.4) is 0 Å². The molecule has 2 fully saturated rings. The Morgan fingerprint density at radius 1 is 1.00 bits per heavy atom. The van der Waals surface area contributed by atoms with Gasteiger partial charge in [-0.1, -0.05) is 11.6 Å². The highest BCUT2D eigenvalue weighted by Gasteiger charge is 2.50. The molecular formula is C39H39ClF3N11O5S. The van der Waals surface area contributed by atoms with E-state index < -0.39 is 33.9 Å². The summed E-state index contributed by atoms with van der Waals surface area (Å²) in [6.07, 6.45) is -2.69. The van der Waals surface area contributed by atoms with Crippen molar-refractivity contribution in [3.63, 3.8) is 0 Å². The van der Waals surface area contributed by atoms with Crippen LogP contribution in [0.4, 0.5) is 29.3 Å². The number of piperazine rings is 1. The van der Waals surface area contributed by atoms with Crippen molar-refractivity contribution in [3.8, 4) is 17.1 Å². The number of hydrogen-bond donors (Lipinski definition) is 3. The van der Waals surface area contributed by atoms with Crippen molar-refractivity contribution in [2.24, 2.45) is 0 Å². The summed E-state index contributed by atoms with van der Waals surface area (Å²) in [7, 11) is 1.60. The van der Waals surface area contributed by atoms with Crippen LogP contribution in [-0.4, -0.2) is 108 Å². The Bertz CT molecular complexity index is 2590. The van der Waals surface area contributed by atoms with Gasteiger partial charge in [-0.2, -0.15) is 22.7 Å². The number of piperidine rings is 1. The van der Waals surface area contributed by atoms with Gasteiger partial charge in [0.1, 0.15) is 12.9 Å². The molecule has 4 amide bonds. The van der Waals surface area contributed by atoms with Gasteiger partial charge in [0.2, 0.25) is 11.7 Å². The first-order valence-electron chi connectivity index (χ1n) is 19.1. The number of urea groups is 1. The third-order valence-electron chi connectivity index (χ3n) is 11.2. The largest absolute Gasteiger partial charge is 0.504 e. The Morgan fingerprint density at radius 2 is 1.70 bits per heavy atom. The molecule has 16 nitrogen and oxygen atoms in total. The fourth-order valence-corrected chi connectivity index (χ4v) is 10.1. The van der Waals surface area contributed by atoms with Crippen molar-refractivity contribution in [3.05, 3.63) is 92.4 Å². The number of rotatable bonds is 6. The highest BCUT2D eigenvalue weighted by molar-refractivity contribution is 8.00.